The number of carbonyl (C=O) groups is 1. The number of primary amides is 1. The molecule has 0 saturated heterocycles. The van der Waals surface area contributed by atoms with Gasteiger partial charge in [0, 0.05) is 6.20 Å². The third-order valence-corrected chi connectivity index (χ3v) is 4.18. The Hall–Kier alpha value is -1.58. The molecular formula is C10H14N4O3S2. The summed E-state index contributed by atoms with van der Waals surface area (Å²) in [5.74, 6) is -0.808. The Morgan fingerprint density at radius 1 is 1.42 bits per heavy atom. The number of pyridine rings is 1. The van der Waals surface area contributed by atoms with Crippen LogP contribution in [-0.2, 0) is 14.8 Å². The number of rotatable bonds is 5. The molecule has 0 aromatic carbocycles. The summed E-state index contributed by atoms with van der Waals surface area (Å²) in [7, 11) is -4.02. The van der Waals surface area contributed by atoms with Crippen molar-refractivity contribution in [1.29, 1.82) is 0 Å². The van der Waals surface area contributed by atoms with Crippen LogP contribution in [0.2, 0.25) is 0 Å². The van der Waals surface area contributed by atoms with E-state index in [-0.39, 0.29) is 15.6 Å². The Morgan fingerprint density at radius 2 is 2.00 bits per heavy atom. The third-order valence-electron chi connectivity index (χ3n) is 2.30. The van der Waals surface area contributed by atoms with Crippen LogP contribution < -0.4 is 16.2 Å². The maximum absolute atomic E-state index is 12.2. The molecule has 1 aromatic heterocycles. The summed E-state index contributed by atoms with van der Waals surface area (Å²) in [6.07, 6.45) is 1.37. The van der Waals surface area contributed by atoms with Crippen LogP contribution in [0.5, 0.6) is 0 Å². The SMILES string of the molecule is CC(C)(NS(=O)(=O)c1cccnc1C(N)=S)C(N)=O. The van der Waals surface area contributed by atoms with Gasteiger partial charge in [-0.25, -0.2) is 8.42 Å². The van der Waals surface area contributed by atoms with Crippen molar-refractivity contribution in [2.75, 3.05) is 0 Å². The lowest BCUT2D eigenvalue weighted by Crippen LogP contribution is -2.53. The van der Waals surface area contributed by atoms with Crippen LogP contribution in [0.15, 0.2) is 23.2 Å². The number of nitrogens with two attached hydrogens (primary N) is 2. The number of nitrogens with zero attached hydrogens (tertiary/aromatic N) is 1. The van der Waals surface area contributed by atoms with Crippen LogP contribution in [0.1, 0.15) is 19.5 Å². The summed E-state index contributed by atoms with van der Waals surface area (Å²) in [5, 5.41) is 0. The van der Waals surface area contributed by atoms with E-state index in [1.165, 1.54) is 32.2 Å². The molecule has 1 rings (SSSR count). The van der Waals surface area contributed by atoms with Gasteiger partial charge in [0.25, 0.3) is 0 Å². The van der Waals surface area contributed by atoms with Gasteiger partial charge in [0.1, 0.15) is 21.1 Å². The summed E-state index contributed by atoms with van der Waals surface area (Å²) in [5.41, 5.74) is 9.06. The van der Waals surface area contributed by atoms with Crippen molar-refractivity contribution in [2.24, 2.45) is 11.5 Å². The highest BCUT2D eigenvalue weighted by Gasteiger charge is 2.32. The van der Waals surface area contributed by atoms with E-state index in [0.29, 0.717) is 0 Å². The molecule has 0 bridgehead atoms. The zero-order valence-corrected chi connectivity index (χ0v) is 12.0. The zero-order valence-electron chi connectivity index (χ0n) is 10.4. The Labute approximate surface area is 116 Å². The molecule has 0 radical (unpaired) electrons. The number of nitrogens with one attached hydrogen (secondary N) is 1. The van der Waals surface area contributed by atoms with Crippen molar-refractivity contribution in [1.82, 2.24) is 9.71 Å². The first-order valence-corrected chi connectivity index (χ1v) is 7.06. The second kappa shape index (κ2) is 5.19. The predicted octanol–water partition coefficient (Wildman–Crippen LogP) is -0.742. The fourth-order valence-corrected chi connectivity index (χ4v) is 3.02. The van der Waals surface area contributed by atoms with E-state index < -0.39 is 21.5 Å². The molecule has 1 heterocycles. The largest absolute Gasteiger partial charge is 0.388 e. The maximum atomic E-state index is 12.2. The summed E-state index contributed by atoms with van der Waals surface area (Å²) in [6.45, 7) is 2.70. The van der Waals surface area contributed by atoms with Gasteiger partial charge < -0.3 is 11.5 Å². The Kier molecular flexibility index (Phi) is 4.23. The molecule has 0 spiro atoms. The van der Waals surface area contributed by atoms with Crippen LogP contribution >= 0.6 is 12.2 Å². The van der Waals surface area contributed by atoms with Crippen molar-refractivity contribution < 1.29 is 13.2 Å². The van der Waals surface area contributed by atoms with Gasteiger partial charge in [-0.2, -0.15) is 4.72 Å². The number of aromatic nitrogens is 1. The van der Waals surface area contributed by atoms with Crippen molar-refractivity contribution in [3.63, 3.8) is 0 Å². The molecule has 0 atom stereocenters. The average molecular weight is 302 g/mol. The smallest absolute Gasteiger partial charge is 0.243 e. The van der Waals surface area contributed by atoms with Gasteiger partial charge in [0.2, 0.25) is 15.9 Å². The van der Waals surface area contributed by atoms with Gasteiger partial charge in [-0.3, -0.25) is 9.78 Å². The van der Waals surface area contributed by atoms with Gasteiger partial charge in [-0.05, 0) is 26.0 Å². The van der Waals surface area contributed by atoms with E-state index in [1.807, 2.05) is 0 Å². The molecule has 0 aliphatic rings. The molecule has 0 saturated carbocycles. The van der Waals surface area contributed by atoms with Gasteiger partial charge in [-0.15, -0.1) is 0 Å². The Bertz CT molecular complexity index is 625. The maximum Gasteiger partial charge on any atom is 0.243 e. The van der Waals surface area contributed by atoms with Crippen molar-refractivity contribution in [2.45, 2.75) is 24.3 Å². The monoisotopic (exact) mass is 302 g/mol. The van der Waals surface area contributed by atoms with Gasteiger partial charge in [0.15, 0.2) is 0 Å². The van der Waals surface area contributed by atoms with Crippen molar-refractivity contribution >= 4 is 33.1 Å². The lowest BCUT2D eigenvalue weighted by atomic mass is 10.1. The number of thiocarbonyl (C=S) groups is 1. The summed E-state index contributed by atoms with van der Waals surface area (Å²) in [6, 6.07) is 2.72. The fraction of sp³-hybridized carbons (Fsp3) is 0.300. The zero-order chi connectivity index (χ0) is 14.8. The van der Waals surface area contributed by atoms with E-state index >= 15 is 0 Å². The quantitative estimate of drug-likeness (QED) is 0.614. The van der Waals surface area contributed by atoms with E-state index in [9.17, 15) is 13.2 Å². The van der Waals surface area contributed by atoms with Gasteiger partial charge >= 0.3 is 0 Å². The fourth-order valence-electron chi connectivity index (χ4n) is 1.23. The van der Waals surface area contributed by atoms with Crippen LogP contribution in [0.3, 0.4) is 0 Å². The molecule has 5 N–H and O–H groups in total. The minimum absolute atomic E-state index is 0.0368. The standard InChI is InChI=1S/C10H14N4O3S2/c1-10(2,9(12)15)14-19(16,17)6-4-3-5-13-7(6)8(11)18/h3-5,14H,1-2H3,(H2,11,18)(H2,12,15). The highest BCUT2D eigenvalue weighted by Crippen LogP contribution is 2.16. The van der Waals surface area contributed by atoms with E-state index in [0.717, 1.165) is 0 Å². The molecule has 104 valence electrons. The highest BCUT2D eigenvalue weighted by molar-refractivity contribution is 7.89. The van der Waals surface area contributed by atoms with E-state index in [2.05, 4.69) is 9.71 Å². The molecule has 0 fully saturated rings. The molecule has 1 amide bonds. The molecule has 0 unspecified atom stereocenters. The lowest BCUT2D eigenvalue weighted by Gasteiger charge is -2.22. The van der Waals surface area contributed by atoms with Crippen molar-refractivity contribution in [3.8, 4) is 0 Å². The second-order valence-electron chi connectivity index (χ2n) is 4.31. The molecule has 19 heavy (non-hydrogen) atoms. The number of hydrogen-bond acceptors (Lipinski definition) is 5. The molecule has 1 aromatic rings. The van der Waals surface area contributed by atoms with Gasteiger partial charge in [-0.1, -0.05) is 12.2 Å². The molecule has 7 nitrogen and oxygen atoms in total. The highest BCUT2D eigenvalue weighted by atomic mass is 32.2. The first-order valence-electron chi connectivity index (χ1n) is 5.16. The first-order chi connectivity index (χ1) is 8.58. The molecule has 0 aliphatic carbocycles. The lowest BCUT2D eigenvalue weighted by molar-refractivity contribution is -0.122. The second-order valence-corrected chi connectivity index (χ2v) is 6.40. The number of sulfonamides is 1. The molecular weight excluding hydrogens is 288 g/mol. The number of hydrogen-bond donors (Lipinski definition) is 3. The van der Waals surface area contributed by atoms with Gasteiger partial charge in [0.05, 0.1) is 0 Å². The van der Waals surface area contributed by atoms with Crippen molar-refractivity contribution in [3.05, 3.63) is 24.0 Å². The topological polar surface area (TPSA) is 128 Å². The van der Waals surface area contributed by atoms with E-state index in [1.54, 1.807) is 0 Å². The summed E-state index contributed by atoms with van der Waals surface area (Å²) in [4.78, 5) is 14.6. The van der Waals surface area contributed by atoms with Crippen LogP contribution in [0.25, 0.3) is 0 Å². The Morgan fingerprint density at radius 3 is 2.47 bits per heavy atom. The minimum atomic E-state index is -4.02. The number of amides is 1. The summed E-state index contributed by atoms with van der Waals surface area (Å²) >= 11 is 4.74. The van der Waals surface area contributed by atoms with Crippen LogP contribution in [0, 0.1) is 0 Å². The van der Waals surface area contributed by atoms with Crippen LogP contribution in [-0.4, -0.2) is 29.8 Å². The predicted molar refractivity (Wildman–Crippen MR) is 73.7 cm³/mol. The molecule has 9 heteroatoms. The average Bonchev–Trinajstić information content (AvgIpc) is 2.27. The summed E-state index contributed by atoms with van der Waals surface area (Å²) < 4.78 is 26.6. The Balaban J connectivity index is 3.30. The molecule has 0 aliphatic heterocycles. The van der Waals surface area contributed by atoms with Crippen LogP contribution in [0.4, 0.5) is 0 Å². The van der Waals surface area contributed by atoms with E-state index in [4.69, 9.17) is 23.7 Å². The third kappa shape index (κ3) is 3.46. The number of carbonyl (C=O) groups excluding carboxylic acids is 1. The normalized spacial score (nSPS) is 12.1. The first kappa shape index (κ1) is 15.5. The minimum Gasteiger partial charge on any atom is -0.388 e.